The van der Waals surface area contributed by atoms with Crippen LogP contribution in [-0.4, -0.2) is 68.5 Å². The first-order chi connectivity index (χ1) is 30.5. The van der Waals surface area contributed by atoms with Gasteiger partial charge in [0, 0.05) is 6.42 Å². The Morgan fingerprint density at radius 1 is 0.571 bits per heavy atom. The van der Waals surface area contributed by atoms with E-state index in [4.69, 9.17) is 9.05 Å². The Balaban J connectivity index is 3.95. The predicted octanol–water partition coefficient (Wildman–Crippen LogP) is 14.5. The van der Waals surface area contributed by atoms with E-state index in [1.54, 1.807) is 6.08 Å². The molecule has 0 rings (SSSR count). The number of carbonyl (C=O) groups is 1. The Labute approximate surface area is 389 Å². The van der Waals surface area contributed by atoms with Crippen molar-refractivity contribution in [2.45, 2.75) is 225 Å². The molecule has 0 aromatic rings. The van der Waals surface area contributed by atoms with E-state index < -0.39 is 20.0 Å². The molecule has 0 aromatic carbocycles. The zero-order valence-electron chi connectivity index (χ0n) is 41.5. The van der Waals surface area contributed by atoms with Crippen molar-refractivity contribution in [2.75, 3.05) is 40.9 Å². The molecule has 63 heavy (non-hydrogen) atoms. The monoisotopic (exact) mass is 903 g/mol. The van der Waals surface area contributed by atoms with Crippen LogP contribution in [0.3, 0.4) is 0 Å². The molecule has 3 unspecified atom stereocenters. The topological polar surface area (TPSA) is 108 Å². The number of phosphoric acid groups is 1. The molecule has 0 heterocycles. The SMILES string of the molecule is CC/C=C\C/C=C\C/C=C\C/C=C\C/C=C\CCCCCCCCCCCCCCCCCCCC(=O)NC(COP(=O)([O-])OCC[N+](C)(C)C)C(O)/C=C/CCCCCCCC. The van der Waals surface area contributed by atoms with Crippen LogP contribution in [0.5, 0.6) is 0 Å². The number of hydrogen-bond donors (Lipinski definition) is 2. The Kier molecular flexibility index (Phi) is 43.6. The highest BCUT2D eigenvalue weighted by molar-refractivity contribution is 7.45. The summed E-state index contributed by atoms with van der Waals surface area (Å²) in [7, 11) is 1.26. The van der Waals surface area contributed by atoms with Gasteiger partial charge in [0.05, 0.1) is 39.9 Å². The third-order valence-electron chi connectivity index (χ3n) is 11.2. The Bertz CT molecular complexity index is 1250. The van der Waals surface area contributed by atoms with E-state index in [-0.39, 0.29) is 19.1 Å². The normalized spacial score (nSPS) is 14.7. The molecule has 0 radical (unpaired) electrons. The van der Waals surface area contributed by atoms with E-state index in [0.717, 1.165) is 70.6 Å². The van der Waals surface area contributed by atoms with Gasteiger partial charge in [-0.15, -0.1) is 0 Å². The zero-order chi connectivity index (χ0) is 46.4. The lowest BCUT2D eigenvalue weighted by atomic mass is 10.0. The molecule has 0 saturated carbocycles. The van der Waals surface area contributed by atoms with E-state index >= 15 is 0 Å². The lowest BCUT2D eigenvalue weighted by Gasteiger charge is -2.29. The standard InChI is InChI=1S/C54H99N2O6P/c1-6-8-10-12-14-16-17-18-19-20-21-22-23-24-25-26-27-28-29-30-31-32-33-34-35-36-37-38-39-40-42-44-46-48-54(58)55-52(51-62-63(59,60)61-50-49-56(3,4)5)53(57)47-45-43-41-15-13-11-9-7-2/h8,10,14,16,18-19,21-22,24-25,45,47,52-53,57H,6-7,9,11-13,15,17,20,23,26-44,46,48-51H2,1-5H3,(H-,55,58,59,60)/b10-8-,16-14-,19-18-,22-21-,25-24-,47-45+. The number of nitrogens with zero attached hydrogens (tertiary/aromatic N) is 1. The van der Waals surface area contributed by atoms with Crippen molar-refractivity contribution < 1.29 is 32.9 Å². The van der Waals surface area contributed by atoms with Crippen LogP contribution in [0.15, 0.2) is 72.9 Å². The molecule has 0 spiro atoms. The first kappa shape index (κ1) is 60.9. The van der Waals surface area contributed by atoms with Crippen LogP contribution in [0, 0.1) is 0 Å². The third kappa shape index (κ3) is 47.7. The quantitative estimate of drug-likeness (QED) is 0.0273. The summed E-state index contributed by atoms with van der Waals surface area (Å²) < 4.78 is 23.1. The van der Waals surface area contributed by atoms with Crippen LogP contribution < -0.4 is 10.2 Å². The highest BCUT2D eigenvalue weighted by Crippen LogP contribution is 2.38. The predicted molar refractivity (Wildman–Crippen MR) is 270 cm³/mol. The Morgan fingerprint density at radius 2 is 0.968 bits per heavy atom. The van der Waals surface area contributed by atoms with Crippen molar-refractivity contribution in [3.63, 3.8) is 0 Å². The molecule has 0 bridgehead atoms. The number of rotatable bonds is 46. The number of likely N-dealkylation sites (N-methyl/N-ethyl adjacent to an activating group) is 1. The molecule has 0 aliphatic heterocycles. The van der Waals surface area contributed by atoms with Crippen LogP contribution >= 0.6 is 7.82 Å². The maximum atomic E-state index is 12.8. The van der Waals surface area contributed by atoms with Gasteiger partial charge in [0.25, 0.3) is 7.82 Å². The fraction of sp³-hybridized carbons (Fsp3) is 0.759. The lowest BCUT2D eigenvalue weighted by Crippen LogP contribution is -2.45. The second-order valence-electron chi connectivity index (χ2n) is 18.5. The maximum absolute atomic E-state index is 12.8. The summed E-state index contributed by atoms with van der Waals surface area (Å²) in [6.45, 7) is 4.48. The average Bonchev–Trinajstić information content (AvgIpc) is 3.24. The van der Waals surface area contributed by atoms with Gasteiger partial charge in [0.15, 0.2) is 0 Å². The number of nitrogens with one attached hydrogen (secondary N) is 1. The van der Waals surface area contributed by atoms with Crippen LogP contribution in [0.2, 0.25) is 0 Å². The van der Waals surface area contributed by atoms with Gasteiger partial charge in [0.2, 0.25) is 5.91 Å². The smallest absolute Gasteiger partial charge is 0.268 e. The number of aliphatic hydroxyl groups excluding tert-OH is 1. The van der Waals surface area contributed by atoms with Crippen molar-refractivity contribution in [1.82, 2.24) is 5.32 Å². The Morgan fingerprint density at radius 3 is 1.41 bits per heavy atom. The van der Waals surface area contributed by atoms with Crippen LogP contribution in [0.4, 0.5) is 0 Å². The fourth-order valence-electron chi connectivity index (χ4n) is 7.12. The number of aliphatic hydroxyl groups is 1. The van der Waals surface area contributed by atoms with Gasteiger partial charge in [-0.05, 0) is 64.2 Å². The Hall–Kier alpha value is -2.06. The number of allylic oxidation sites excluding steroid dienone is 11. The number of unbranched alkanes of at least 4 members (excludes halogenated alkanes) is 23. The van der Waals surface area contributed by atoms with Crippen molar-refractivity contribution in [2.24, 2.45) is 0 Å². The molecule has 0 aliphatic rings. The third-order valence-corrected chi connectivity index (χ3v) is 12.1. The minimum atomic E-state index is -4.58. The van der Waals surface area contributed by atoms with E-state index in [1.807, 2.05) is 27.2 Å². The lowest BCUT2D eigenvalue weighted by molar-refractivity contribution is -0.870. The van der Waals surface area contributed by atoms with E-state index in [2.05, 4.69) is 79.9 Å². The van der Waals surface area contributed by atoms with Crippen LogP contribution in [0.1, 0.15) is 213 Å². The van der Waals surface area contributed by atoms with Gasteiger partial charge < -0.3 is 28.8 Å². The van der Waals surface area contributed by atoms with Gasteiger partial charge in [-0.2, -0.15) is 0 Å². The van der Waals surface area contributed by atoms with Crippen molar-refractivity contribution in [1.29, 1.82) is 0 Å². The van der Waals surface area contributed by atoms with Gasteiger partial charge >= 0.3 is 0 Å². The van der Waals surface area contributed by atoms with Crippen molar-refractivity contribution in [3.8, 4) is 0 Å². The highest BCUT2D eigenvalue weighted by atomic mass is 31.2. The second-order valence-corrected chi connectivity index (χ2v) is 19.9. The van der Waals surface area contributed by atoms with E-state index in [0.29, 0.717) is 17.4 Å². The van der Waals surface area contributed by atoms with Gasteiger partial charge in [-0.1, -0.05) is 215 Å². The number of amides is 1. The van der Waals surface area contributed by atoms with Crippen molar-refractivity contribution >= 4 is 13.7 Å². The number of hydrogen-bond acceptors (Lipinski definition) is 6. The van der Waals surface area contributed by atoms with Crippen LogP contribution in [-0.2, 0) is 18.4 Å². The molecule has 0 aliphatic carbocycles. The molecule has 0 aromatic heterocycles. The molecular weight excluding hydrogens is 804 g/mol. The zero-order valence-corrected chi connectivity index (χ0v) is 42.4. The molecule has 1 amide bonds. The summed E-state index contributed by atoms with van der Waals surface area (Å²) >= 11 is 0. The number of quaternary nitrogens is 1. The van der Waals surface area contributed by atoms with Crippen LogP contribution in [0.25, 0.3) is 0 Å². The molecule has 0 fully saturated rings. The van der Waals surface area contributed by atoms with E-state index in [1.165, 1.54) is 122 Å². The minimum Gasteiger partial charge on any atom is -0.756 e. The summed E-state index contributed by atoms with van der Waals surface area (Å²) in [5.74, 6) is -0.202. The summed E-state index contributed by atoms with van der Waals surface area (Å²) in [5, 5.41) is 13.7. The van der Waals surface area contributed by atoms with Gasteiger partial charge in [-0.3, -0.25) is 9.36 Å². The molecule has 9 heteroatoms. The largest absolute Gasteiger partial charge is 0.756 e. The average molecular weight is 903 g/mol. The fourth-order valence-corrected chi connectivity index (χ4v) is 7.84. The summed E-state index contributed by atoms with van der Waals surface area (Å²) in [4.78, 5) is 25.3. The van der Waals surface area contributed by atoms with Gasteiger partial charge in [0.1, 0.15) is 13.2 Å². The minimum absolute atomic E-state index is 0.00267. The summed E-state index contributed by atoms with van der Waals surface area (Å²) in [6, 6.07) is -0.885. The second kappa shape index (κ2) is 45.1. The summed E-state index contributed by atoms with van der Waals surface area (Å²) in [6.07, 6.45) is 61.4. The molecule has 8 nitrogen and oxygen atoms in total. The first-order valence-corrected chi connectivity index (χ1v) is 27.3. The number of phosphoric ester groups is 1. The summed E-state index contributed by atoms with van der Waals surface area (Å²) in [5.41, 5.74) is 0. The highest BCUT2D eigenvalue weighted by Gasteiger charge is 2.23. The van der Waals surface area contributed by atoms with Crippen molar-refractivity contribution in [3.05, 3.63) is 72.9 Å². The molecule has 3 atom stereocenters. The molecule has 366 valence electrons. The maximum Gasteiger partial charge on any atom is 0.268 e. The number of carbonyl (C=O) groups excluding carboxylic acids is 1. The molecule has 0 saturated heterocycles. The first-order valence-electron chi connectivity index (χ1n) is 25.8. The van der Waals surface area contributed by atoms with E-state index in [9.17, 15) is 19.4 Å². The molecular formula is C54H99N2O6P. The molecule has 2 N–H and O–H groups in total. The van der Waals surface area contributed by atoms with Gasteiger partial charge in [-0.25, -0.2) is 0 Å².